The van der Waals surface area contributed by atoms with Crippen molar-refractivity contribution in [3.05, 3.63) is 138 Å². The molecule has 1 aliphatic rings. The van der Waals surface area contributed by atoms with Crippen molar-refractivity contribution in [2.45, 2.75) is 59.8 Å². The minimum absolute atomic E-state index is 0. The summed E-state index contributed by atoms with van der Waals surface area (Å²) in [5.74, 6) is 1.50. The normalized spacial score (nSPS) is 12.4. The summed E-state index contributed by atoms with van der Waals surface area (Å²) in [6, 6.07) is 40.3. The van der Waals surface area contributed by atoms with Crippen molar-refractivity contribution in [3.8, 4) is 5.82 Å². The van der Waals surface area contributed by atoms with Crippen LogP contribution in [0.2, 0.25) is 0 Å². The summed E-state index contributed by atoms with van der Waals surface area (Å²) >= 11 is 0. The Hall–Kier alpha value is -4.25. The second-order valence-electron chi connectivity index (χ2n) is 12.7. The summed E-state index contributed by atoms with van der Waals surface area (Å²) in [5, 5.41) is 13.4. The number of rotatable bonds is 9. The molecule has 0 atom stereocenters. The number of allylic oxidation sites excluding steroid dienone is 2. The molecule has 0 fully saturated rings. The van der Waals surface area contributed by atoms with Gasteiger partial charge in [-0.15, -0.1) is 5.39 Å². The average Bonchev–Trinajstić information content (AvgIpc) is 3.45. The largest absolute Gasteiger partial charge is 0.512 e. The van der Waals surface area contributed by atoms with Gasteiger partial charge in [0.2, 0.25) is 6.71 Å². The van der Waals surface area contributed by atoms with Crippen molar-refractivity contribution in [2.75, 3.05) is 0 Å². The molecule has 0 unspecified atom stereocenters. The maximum Gasteiger partial charge on any atom is 0.231 e. The van der Waals surface area contributed by atoms with Crippen LogP contribution in [-0.4, -0.2) is 27.2 Å². The molecule has 0 amide bonds. The fourth-order valence-electron chi connectivity index (χ4n) is 7.27. The Morgan fingerprint density at radius 2 is 1.51 bits per heavy atom. The average molecular weight is 824 g/mol. The predicted molar refractivity (Wildman–Crippen MR) is 202 cm³/mol. The van der Waals surface area contributed by atoms with Crippen molar-refractivity contribution >= 4 is 50.6 Å². The molecule has 0 spiro atoms. The van der Waals surface area contributed by atoms with E-state index in [4.69, 9.17) is 4.98 Å². The van der Waals surface area contributed by atoms with Crippen molar-refractivity contribution in [2.24, 2.45) is 11.8 Å². The van der Waals surface area contributed by atoms with E-state index < -0.39 is 0 Å². The number of nitrogens with zero attached hydrogens (tertiary/aromatic N) is 2. The Morgan fingerprint density at radius 3 is 2.22 bits per heavy atom. The molecule has 0 saturated heterocycles. The number of hydrogen-bond donors (Lipinski definition) is 1. The smallest absolute Gasteiger partial charge is 0.231 e. The van der Waals surface area contributed by atoms with Gasteiger partial charge in [0.25, 0.3) is 0 Å². The zero-order chi connectivity index (χ0) is 33.6. The van der Waals surface area contributed by atoms with Crippen molar-refractivity contribution in [1.29, 1.82) is 0 Å². The van der Waals surface area contributed by atoms with Crippen molar-refractivity contribution in [1.82, 2.24) is 9.55 Å². The maximum absolute atomic E-state index is 11.7. The first-order valence-corrected chi connectivity index (χ1v) is 17.4. The summed E-state index contributed by atoms with van der Waals surface area (Å²) in [7, 11) is 0. The van der Waals surface area contributed by atoms with Gasteiger partial charge in [-0.1, -0.05) is 128 Å². The fourth-order valence-corrected chi connectivity index (χ4v) is 7.27. The molecule has 251 valence electrons. The van der Waals surface area contributed by atoms with Crippen LogP contribution in [0.1, 0.15) is 64.6 Å². The fraction of sp³-hybridized carbons (Fsp3) is 0.256. The molecule has 7 rings (SSSR count). The number of para-hydroxylation sites is 1. The third kappa shape index (κ3) is 7.37. The Morgan fingerprint density at radius 1 is 0.857 bits per heavy atom. The quantitative estimate of drug-likeness (QED) is 0.0691. The van der Waals surface area contributed by atoms with Crippen LogP contribution in [0.25, 0.3) is 27.5 Å². The van der Waals surface area contributed by atoms with Gasteiger partial charge in [-0.3, -0.25) is 4.79 Å². The van der Waals surface area contributed by atoms with Crippen LogP contribution in [-0.2, 0) is 31.3 Å². The molecular formula is C43H44BIrN2O2-. The van der Waals surface area contributed by atoms with E-state index in [1.165, 1.54) is 44.5 Å². The number of carbonyl (C=O) groups is 1. The SMILES string of the molecule is CCC(CC)C(=O)/C=C(\O)C(CC)CC.[Ir].[c-]1cccc2c3c(n(-c4cc5ccccc5cn4)c12)Cc1ccccc1B3c1ccccc1. The molecule has 6 heteroatoms. The van der Waals surface area contributed by atoms with E-state index >= 15 is 0 Å². The van der Waals surface area contributed by atoms with Crippen LogP contribution >= 0.6 is 0 Å². The Labute approximate surface area is 304 Å². The van der Waals surface area contributed by atoms with Gasteiger partial charge in [-0.05, 0) is 42.7 Å². The first-order valence-electron chi connectivity index (χ1n) is 17.4. The predicted octanol–water partition coefficient (Wildman–Crippen LogP) is 8.27. The summed E-state index contributed by atoms with van der Waals surface area (Å²) < 4.78 is 2.34. The van der Waals surface area contributed by atoms with Gasteiger partial charge in [-0.25, -0.2) is 4.98 Å². The summed E-state index contributed by atoms with van der Waals surface area (Å²) in [5.41, 5.74) is 7.87. The molecule has 0 aliphatic carbocycles. The van der Waals surface area contributed by atoms with Crippen LogP contribution < -0.4 is 16.4 Å². The van der Waals surface area contributed by atoms with E-state index in [2.05, 4.69) is 108 Å². The second-order valence-corrected chi connectivity index (χ2v) is 12.7. The molecule has 4 nitrogen and oxygen atoms in total. The van der Waals surface area contributed by atoms with Crippen LogP contribution in [0.4, 0.5) is 0 Å². The molecular weight excluding hydrogens is 780 g/mol. The van der Waals surface area contributed by atoms with E-state index in [1.54, 1.807) is 0 Å². The number of aromatic nitrogens is 2. The van der Waals surface area contributed by atoms with Gasteiger partial charge in [-0.2, -0.15) is 24.3 Å². The summed E-state index contributed by atoms with van der Waals surface area (Å²) in [4.78, 5) is 16.6. The zero-order valence-corrected chi connectivity index (χ0v) is 31.2. The third-order valence-corrected chi connectivity index (χ3v) is 10.0. The van der Waals surface area contributed by atoms with Gasteiger partial charge in [0, 0.05) is 61.7 Å². The Kier molecular flexibility index (Phi) is 12.1. The van der Waals surface area contributed by atoms with Gasteiger partial charge in [0.05, 0.1) is 5.76 Å². The number of carbonyl (C=O) groups excluding carboxylic acids is 1. The van der Waals surface area contributed by atoms with Gasteiger partial charge >= 0.3 is 0 Å². The third-order valence-electron chi connectivity index (χ3n) is 10.0. The van der Waals surface area contributed by atoms with Crippen LogP contribution in [0, 0.1) is 17.9 Å². The van der Waals surface area contributed by atoms with E-state index in [1.807, 2.05) is 40.0 Å². The topological polar surface area (TPSA) is 55.1 Å². The number of fused-ring (bicyclic) bond motifs is 5. The van der Waals surface area contributed by atoms with Crippen LogP contribution in [0.3, 0.4) is 0 Å². The van der Waals surface area contributed by atoms with Gasteiger partial charge in [0.15, 0.2) is 5.78 Å². The zero-order valence-electron chi connectivity index (χ0n) is 28.8. The Balaban J connectivity index is 0.000000252. The molecule has 2 aromatic heterocycles. The standard InChI is InChI=1S/C30H20BN2.C13H24O2.Ir/c1-2-13-24(14-3-1)31-26-16-8-6-11-22(26)18-28-30(31)25-15-7-9-17-27(25)33(28)29-19-21-10-4-5-12-23(21)20-32-29;1-5-10(6-2)12(14)9-13(15)11(7-3)8-4;/h1-16,19-20H,18H2;9-11,14H,5-8H2,1-4H3;/q-1;;/b;12-9-;. The van der Waals surface area contributed by atoms with E-state index in [0.29, 0.717) is 0 Å². The van der Waals surface area contributed by atoms with E-state index in [-0.39, 0.29) is 50.2 Å². The first kappa shape index (κ1) is 36.0. The molecule has 0 bridgehead atoms. The van der Waals surface area contributed by atoms with Crippen molar-refractivity contribution in [3.63, 3.8) is 0 Å². The molecule has 1 aliphatic heterocycles. The molecule has 3 heterocycles. The van der Waals surface area contributed by atoms with Gasteiger partial charge in [0.1, 0.15) is 5.82 Å². The number of aliphatic hydroxyl groups is 1. The molecule has 49 heavy (non-hydrogen) atoms. The summed E-state index contributed by atoms with van der Waals surface area (Å²) in [6.07, 6.45) is 7.77. The summed E-state index contributed by atoms with van der Waals surface area (Å²) in [6.45, 7) is 8.26. The van der Waals surface area contributed by atoms with E-state index in [9.17, 15) is 9.90 Å². The molecule has 1 radical (unpaired) electrons. The van der Waals surface area contributed by atoms with E-state index in [0.717, 1.165) is 48.8 Å². The van der Waals surface area contributed by atoms with Crippen LogP contribution in [0.15, 0.2) is 121 Å². The monoisotopic (exact) mass is 824 g/mol. The molecule has 4 aromatic carbocycles. The van der Waals surface area contributed by atoms with Crippen LogP contribution in [0.5, 0.6) is 0 Å². The minimum Gasteiger partial charge on any atom is -0.512 e. The van der Waals surface area contributed by atoms with Crippen molar-refractivity contribution < 1.29 is 30.0 Å². The molecule has 6 aromatic rings. The number of hydrogen-bond acceptors (Lipinski definition) is 3. The minimum atomic E-state index is 0. The second kappa shape index (κ2) is 16.4. The number of aliphatic hydroxyl groups excluding tert-OH is 1. The van der Waals surface area contributed by atoms with Gasteiger partial charge < -0.3 is 9.67 Å². The number of benzene rings is 4. The number of ketones is 1. The number of pyridine rings is 1. The molecule has 0 saturated carbocycles. The maximum atomic E-state index is 11.7. The first-order chi connectivity index (χ1) is 23.5. The molecule has 1 N–H and O–H groups in total. The Bertz CT molecular complexity index is 2060.